The number of carbonyl (C=O) groups excluding carboxylic acids is 2. The molecule has 1 N–H and O–H groups in total. The van der Waals surface area contributed by atoms with Crippen LogP contribution in [0.4, 0.5) is 0 Å². The number of piperidine rings is 1. The quantitative estimate of drug-likeness (QED) is 0.867. The van der Waals surface area contributed by atoms with Crippen molar-refractivity contribution in [1.29, 1.82) is 0 Å². The first-order valence-electron chi connectivity index (χ1n) is 10.4. The van der Waals surface area contributed by atoms with Crippen LogP contribution in [0.2, 0.25) is 0 Å². The molecule has 2 saturated heterocycles. The van der Waals surface area contributed by atoms with Crippen LogP contribution in [0.5, 0.6) is 0 Å². The maximum atomic E-state index is 12.4. The lowest BCUT2D eigenvalue weighted by molar-refractivity contribution is -0.149. The minimum Gasteiger partial charge on any atom is -0.375 e. The van der Waals surface area contributed by atoms with Gasteiger partial charge < -0.3 is 15.0 Å². The van der Waals surface area contributed by atoms with E-state index >= 15 is 0 Å². The lowest BCUT2D eigenvalue weighted by Gasteiger charge is -2.46. The van der Waals surface area contributed by atoms with Crippen molar-refractivity contribution in [2.24, 2.45) is 11.8 Å². The number of likely N-dealkylation sites (tertiary alicyclic amines) is 1. The summed E-state index contributed by atoms with van der Waals surface area (Å²) in [6.07, 6.45) is 6.42. The largest absolute Gasteiger partial charge is 0.375 e. The van der Waals surface area contributed by atoms with E-state index in [0.717, 1.165) is 63.8 Å². The summed E-state index contributed by atoms with van der Waals surface area (Å²) in [7, 11) is 0. The van der Waals surface area contributed by atoms with Gasteiger partial charge in [0.15, 0.2) is 0 Å². The van der Waals surface area contributed by atoms with Crippen molar-refractivity contribution < 1.29 is 14.3 Å². The average Bonchev–Trinajstić information content (AvgIpc) is 3.53. The zero-order valence-electron chi connectivity index (χ0n) is 16.0. The topological polar surface area (TPSA) is 58.6 Å². The number of benzene rings is 1. The van der Waals surface area contributed by atoms with Crippen LogP contribution in [0, 0.1) is 11.8 Å². The molecule has 2 heterocycles. The molecule has 3 aliphatic rings. The average molecular weight is 370 g/mol. The molecule has 1 atom stereocenters. The third kappa shape index (κ3) is 4.70. The van der Waals surface area contributed by atoms with E-state index in [-0.39, 0.29) is 11.5 Å². The zero-order chi connectivity index (χ0) is 18.7. The fourth-order valence-electron chi connectivity index (χ4n) is 4.51. The van der Waals surface area contributed by atoms with Gasteiger partial charge in [0.05, 0.1) is 5.60 Å². The molecule has 27 heavy (non-hydrogen) atoms. The summed E-state index contributed by atoms with van der Waals surface area (Å²) in [6, 6.07) is 10.0. The van der Waals surface area contributed by atoms with Crippen LogP contribution in [0.15, 0.2) is 30.3 Å². The minimum absolute atomic E-state index is 0.122. The van der Waals surface area contributed by atoms with Gasteiger partial charge in [-0.3, -0.25) is 9.59 Å². The maximum Gasteiger partial charge on any atom is 0.225 e. The third-order valence-corrected chi connectivity index (χ3v) is 6.31. The molecule has 0 bridgehead atoms. The molecule has 1 aromatic rings. The lowest BCUT2D eigenvalue weighted by atomic mass is 9.78. The van der Waals surface area contributed by atoms with Crippen LogP contribution in [0.25, 0.3) is 0 Å². The van der Waals surface area contributed by atoms with Crippen LogP contribution in [0.1, 0.15) is 50.5 Å². The predicted molar refractivity (Wildman–Crippen MR) is 103 cm³/mol. The van der Waals surface area contributed by atoms with E-state index in [9.17, 15) is 9.59 Å². The lowest BCUT2D eigenvalue weighted by Crippen LogP contribution is -2.51. The minimum atomic E-state index is -0.122. The number of hydrogen-bond acceptors (Lipinski definition) is 3. The van der Waals surface area contributed by atoms with Crippen molar-refractivity contribution in [2.45, 2.75) is 57.1 Å². The van der Waals surface area contributed by atoms with E-state index < -0.39 is 0 Å². The van der Waals surface area contributed by atoms with Gasteiger partial charge in [-0.1, -0.05) is 30.3 Å². The van der Waals surface area contributed by atoms with Gasteiger partial charge in [-0.25, -0.2) is 0 Å². The van der Waals surface area contributed by atoms with Crippen molar-refractivity contribution in [1.82, 2.24) is 10.2 Å². The SMILES string of the molecule is O=C(CC1CCOC2(CCN(C(=O)C3CC3)CC2)C1)NCc1ccccc1. The molecular weight excluding hydrogens is 340 g/mol. The number of rotatable bonds is 5. The van der Waals surface area contributed by atoms with Crippen molar-refractivity contribution in [3.63, 3.8) is 0 Å². The molecule has 1 aliphatic carbocycles. The summed E-state index contributed by atoms with van der Waals surface area (Å²) in [5.41, 5.74) is 1.00. The summed E-state index contributed by atoms with van der Waals surface area (Å²) in [5.74, 6) is 1.15. The Kier molecular flexibility index (Phi) is 5.48. The molecule has 5 heteroatoms. The van der Waals surface area contributed by atoms with Crippen molar-refractivity contribution in [3.05, 3.63) is 35.9 Å². The Balaban J connectivity index is 1.24. The van der Waals surface area contributed by atoms with Gasteiger partial charge >= 0.3 is 0 Å². The van der Waals surface area contributed by atoms with Crippen molar-refractivity contribution in [2.75, 3.05) is 19.7 Å². The highest BCUT2D eigenvalue weighted by molar-refractivity contribution is 5.81. The number of nitrogens with one attached hydrogen (secondary N) is 1. The highest BCUT2D eigenvalue weighted by Crippen LogP contribution is 2.40. The zero-order valence-corrected chi connectivity index (χ0v) is 16.0. The number of carbonyl (C=O) groups is 2. The number of hydrogen-bond donors (Lipinski definition) is 1. The first-order chi connectivity index (χ1) is 13.1. The summed E-state index contributed by atoms with van der Waals surface area (Å²) >= 11 is 0. The standard InChI is InChI=1S/C22H30N2O3/c25-20(23-16-17-4-2-1-3-5-17)14-18-8-13-27-22(15-18)9-11-24(12-10-22)21(26)19-6-7-19/h1-5,18-19H,6-16H2,(H,23,25). The van der Waals surface area contributed by atoms with Crippen LogP contribution >= 0.6 is 0 Å². The monoisotopic (exact) mass is 370 g/mol. The molecule has 1 saturated carbocycles. The molecule has 1 unspecified atom stereocenters. The van der Waals surface area contributed by atoms with E-state index in [1.165, 1.54) is 0 Å². The first-order valence-corrected chi connectivity index (χ1v) is 10.4. The molecule has 5 nitrogen and oxygen atoms in total. The molecule has 1 aromatic carbocycles. The highest BCUT2D eigenvalue weighted by Gasteiger charge is 2.43. The molecule has 2 aliphatic heterocycles. The smallest absolute Gasteiger partial charge is 0.225 e. The van der Waals surface area contributed by atoms with Gasteiger partial charge in [0, 0.05) is 38.6 Å². The summed E-state index contributed by atoms with van der Waals surface area (Å²) in [4.78, 5) is 26.7. The summed E-state index contributed by atoms with van der Waals surface area (Å²) in [6.45, 7) is 2.93. The van der Waals surface area contributed by atoms with Gasteiger partial charge in [0.25, 0.3) is 0 Å². The Morgan fingerprint density at radius 2 is 1.85 bits per heavy atom. The van der Waals surface area contributed by atoms with E-state index in [0.29, 0.717) is 30.7 Å². The molecule has 4 rings (SSSR count). The Hall–Kier alpha value is -1.88. The maximum absolute atomic E-state index is 12.4. The molecule has 0 aromatic heterocycles. The molecule has 1 spiro atoms. The van der Waals surface area contributed by atoms with E-state index in [2.05, 4.69) is 5.32 Å². The number of amides is 2. The second kappa shape index (κ2) is 8.01. The molecule has 146 valence electrons. The summed E-state index contributed by atoms with van der Waals surface area (Å²) in [5, 5.41) is 3.05. The molecule has 3 fully saturated rings. The van der Waals surface area contributed by atoms with Gasteiger partial charge in [-0.2, -0.15) is 0 Å². The summed E-state index contributed by atoms with van der Waals surface area (Å²) < 4.78 is 6.18. The second-order valence-electron chi connectivity index (χ2n) is 8.46. The van der Waals surface area contributed by atoms with Gasteiger partial charge in [0.1, 0.15) is 0 Å². The number of ether oxygens (including phenoxy) is 1. The Morgan fingerprint density at radius 3 is 2.56 bits per heavy atom. The van der Waals surface area contributed by atoms with Gasteiger partial charge in [0.2, 0.25) is 11.8 Å². The van der Waals surface area contributed by atoms with E-state index in [1.807, 2.05) is 35.2 Å². The van der Waals surface area contributed by atoms with Crippen LogP contribution in [0.3, 0.4) is 0 Å². The predicted octanol–water partition coefficient (Wildman–Crippen LogP) is 2.89. The Bertz CT molecular complexity index is 663. The third-order valence-electron chi connectivity index (χ3n) is 6.31. The highest BCUT2D eigenvalue weighted by atomic mass is 16.5. The van der Waals surface area contributed by atoms with Crippen LogP contribution in [-0.2, 0) is 20.9 Å². The second-order valence-corrected chi connectivity index (χ2v) is 8.46. The fourth-order valence-corrected chi connectivity index (χ4v) is 4.51. The Morgan fingerprint density at radius 1 is 1.11 bits per heavy atom. The molecule has 0 radical (unpaired) electrons. The van der Waals surface area contributed by atoms with Crippen LogP contribution in [-0.4, -0.2) is 42.0 Å². The number of nitrogens with zero attached hydrogens (tertiary/aromatic N) is 1. The van der Waals surface area contributed by atoms with Crippen molar-refractivity contribution in [3.8, 4) is 0 Å². The molecule has 2 amide bonds. The van der Waals surface area contributed by atoms with E-state index in [1.54, 1.807) is 0 Å². The normalized spacial score (nSPS) is 24.6. The molecular formula is C22H30N2O3. The van der Waals surface area contributed by atoms with Crippen molar-refractivity contribution >= 4 is 11.8 Å². The Labute approximate surface area is 161 Å². The van der Waals surface area contributed by atoms with Gasteiger partial charge in [-0.15, -0.1) is 0 Å². The van der Waals surface area contributed by atoms with Crippen LogP contribution < -0.4 is 5.32 Å². The van der Waals surface area contributed by atoms with E-state index in [4.69, 9.17) is 4.74 Å². The van der Waals surface area contributed by atoms with Gasteiger partial charge in [-0.05, 0) is 50.0 Å². The first kappa shape index (κ1) is 18.5. The fraction of sp³-hybridized carbons (Fsp3) is 0.636.